The second-order valence-corrected chi connectivity index (χ2v) is 5.14. The van der Waals surface area contributed by atoms with Crippen LogP contribution in [0.4, 0.5) is 0 Å². The number of phenols is 1. The van der Waals surface area contributed by atoms with Crippen LogP contribution < -0.4 is 5.32 Å². The maximum Gasteiger partial charge on any atom is 0.120 e. The van der Waals surface area contributed by atoms with Crippen molar-refractivity contribution >= 4 is 0 Å². The van der Waals surface area contributed by atoms with Crippen LogP contribution in [0.25, 0.3) is 0 Å². The van der Waals surface area contributed by atoms with Gasteiger partial charge in [0, 0.05) is 23.6 Å². The highest BCUT2D eigenvalue weighted by Gasteiger charge is 2.46. The minimum absolute atomic E-state index is 0.0651. The molecule has 0 saturated heterocycles. The lowest BCUT2D eigenvalue weighted by Gasteiger charge is -2.49. The molecule has 0 heterocycles. The summed E-state index contributed by atoms with van der Waals surface area (Å²) in [6.45, 7) is 4.76. The smallest absolute Gasteiger partial charge is 0.120 e. The summed E-state index contributed by atoms with van der Waals surface area (Å²) in [5, 5.41) is 22.6. The van der Waals surface area contributed by atoms with Gasteiger partial charge in [0.25, 0.3) is 0 Å². The molecule has 1 aromatic carbocycles. The molecule has 0 aromatic heterocycles. The fraction of sp³-hybridized carbons (Fsp3) is 0.538. The van der Waals surface area contributed by atoms with Gasteiger partial charge in [0.2, 0.25) is 0 Å². The topological polar surface area (TPSA) is 52.5 Å². The molecule has 2 rings (SSSR count). The summed E-state index contributed by atoms with van der Waals surface area (Å²) < 4.78 is 0. The molecule has 1 aromatic rings. The number of aliphatic hydroxyl groups excluding tert-OH is 1. The van der Waals surface area contributed by atoms with Crippen molar-refractivity contribution in [2.24, 2.45) is 5.41 Å². The summed E-state index contributed by atoms with van der Waals surface area (Å²) in [6.07, 6.45) is 0.579. The molecule has 1 aliphatic carbocycles. The Bertz CT molecular complexity index is 376. The first kappa shape index (κ1) is 11.4. The Balaban J connectivity index is 1.92. The number of aromatic hydroxyl groups is 1. The number of benzene rings is 1. The zero-order valence-corrected chi connectivity index (χ0v) is 9.77. The zero-order chi connectivity index (χ0) is 11.8. The average Bonchev–Trinajstić information content (AvgIpc) is 2.26. The average molecular weight is 221 g/mol. The first-order valence-electron chi connectivity index (χ1n) is 5.70. The predicted octanol–water partition coefficient (Wildman–Crippen LogP) is 1.64. The molecule has 1 fully saturated rings. The van der Waals surface area contributed by atoms with Crippen LogP contribution >= 0.6 is 0 Å². The van der Waals surface area contributed by atoms with Crippen LogP contribution in [0, 0.1) is 5.41 Å². The van der Waals surface area contributed by atoms with E-state index in [0.717, 1.165) is 12.0 Å². The Morgan fingerprint density at radius 2 is 2.06 bits per heavy atom. The second-order valence-electron chi connectivity index (χ2n) is 5.14. The van der Waals surface area contributed by atoms with Crippen LogP contribution in [0.5, 0.6) is 5.75 Å². The van der Waals surface area contributed by atoms with Gasteiger partial charge in [-0.3, -0.25) is 0 Å². The molecule has 16 heavy (non-hydrogen) atoms. The molecule has 3 heteroatoms. The number of hydrogen-bond donors (Lipinski definition) is 3. The summed E-state index contributed by atoms with van der Waals surface area (Å²) in [5.41, 5.74) is 0.837. The first-order valence-corrected chi connectivity index (χ1v) is 5.70. The van der Waals surface area contributed by atoms with Gasteiger partial charge in [-0.1, -0.05) is 32.0 Å². The fourth-order valence-corrected chi connectivity index (χ4v) is 2.14. The van der Waals surface area contributed by atoms with Gasteiger partial charge >= 0.3 is 0 Å². The predicted molar refractivity (Wildman–Crippen MR) is 63.1 cm³/mol. The molecule has 1 aliphatic rings. The Labute approximate surface area is 96.1 Å². The van der Waals surface area contributed by atoms with Crippen LogP contribution in [0.1, 0.15) is 25.8 Å². The van der Waals surface area contributed by atoms with Gasteiger partial charge in [-0.15, -0.1) is 0 Å². The van der Waals surface area contributed by atoms with Crippen molar-refractivity contribution in [1.82, 2.24) is 5.32 Å². The molecule has 3 N–H and O–H groups in total. The fourth-order valence-electron chi connectivity index (χ4n) is 2.14. The lowest BCUT2D eigenvalue weighted by molar-refractivity contribution is -0.0730. The van der Waals surface area contributed by atoms with Gasteiger partial charge in [-0.2, -0.15) is 0 Å². The number of nitrogens with one attached hydrogen (secondary N) is 1. The SMILES string of the molecule is CC1(C)C(O)CC1NCc1ccccc1O. The maximum absolute atomic E-state index is 9.61. The molecular formula is C13H19NO2. The van der Waals surface area contributed by atoms with Crippen LogP contribution in [0.15, 0.2) is 24.3 Å². The minimum Gasteiger partial charge on any atom is -0.508 e. The lowest BCUT2D eigenvalue weighted by atomic mass is 9.64. The van der Waals surface area contributed by atoms with Crippen molar-refractivity contribution in [2.75, 3.05) is 0 Å². The Morgan fingerprint density at radius 1 is 1.38 bits per heavy atom. The highest BCUT2D eigenvalue weighted by atomic mass is 16.3. The first-order chi connectivity index (χ1) is 7.51. The minimum atomic E-state index is -0.214. The highest BCUT2D eigenvalue weighted by molar-refractivity contribution is 5.31. The van der Waals surface area contributed by atoms with Gasteiger partial charge < -0.3 is 15.5 Å². The summed E-state index contributed by atoms with van der Waals surface area (Å²) in [4.78, 5) is 0. The lowest BCUT2D eigenvalue weighted by Crippen LogP contribution is -2.59. The van der Waals surface area contributed by atoms with E-state index in [0.29, 0.717) is 18.3 Å². The van der Waals surface area contributed by atoms with E-state index >= 15 is 0 Å². The number of rotatable bonds is 3. The Hall–Kier alpha value is -1.06. The van der Waals surface area contributed by atoms with Crippen molar-refractivity contribution in [3.05, 3.63) is 29.8 Å². The molecule has 0 aliphatic heterocycles. The molecule has 1 saturated carbocycles. The van der Waals surface area contributed by atoms with Crippen molar-refractivity contribution in [3.63, 3.8) is 0 Å². The normalized spacial score (nSPS) is 27.4. The summed E-state index contributed by atoms with van der Waals surface area (Å²) in [6, 6.07) is 7.65. The molecular weight excluding hydrogens is 202 g/mol. The third-order valence-electron chi connectivity index (χ3n) is 3.75. The van der Waals surface area contributed by atoms with Crippen LogP contribution in [0.3, 0.4) is 0 Å². The van der Waals surface area contributed by atoms with Gasteiger partial charge in [0.05, 0.1) is 6.10 Å². The molecule has 3 nitrogen and oxygen atoms in total. The second kappa shape index (κ2) is 4.07. The monoisotopic (exact) mass is 221 g/mol. The summed E-state index contributed by atoms with van der Waals surface area (Å²) in [7, 11) is 0. The standard InChI is InChI=1S/C13H19NO2/c1-13(2)11(7-12(13)16)14-8-9-5-3-4-6-10(9)15/h3-6,11-12,14-16H,7-8H2,1-2H3. The number of para-hydroxylation sites is 1. The van der Waals surface area contributed by atoms with E-state index in [-0.39, 0.29) is 11.5 Å². The van der Waals surface area contributed by atoms with E-state index in [4.69, 9.17) is 0 Å². The molecule has 0 amide bonds. The molecule has 2 unspecified atom stereocenters. The number of aliphatic hydroxyl groups is 1. The van der Waals surface area contributed by atoms with E-state index in [1.165, 1.54) is 0 Å². The zero-order valence-electron chi connectivity index (χ0n) is 9.77. The van der Waals surface area contributed by atoms with Crippen LogP contribution in [0.2, 0.25) is 0 Å². The highest BCUT2D eigenvalue weighted by Crippen LogP contribution is 2.40. The quantitative estimate of drug-likeness (QED) is 0.727. The van der Waals surface area contributed by atoms with Gasteiger partial charge in [0.1, 0.15) is 5.75 Å². The molecule has 0 spiro atoms. The van der Waals surface area contributed by atoms with Crippen molar-refractivity contribution in [1.29, 1.82) is 0 Å². The van der Waals surface area contributed by atoms with Crippen molar-refractivity contribution in [3.8, 4) is 5.75 Å². The van der Waals surface area contributed by atoms with E-state index in [1.54, 1.807) is 6.07 Å². The molecule has 88 valence electrons. The largest absolute Gasteiger partial charge is 0.508 e. The third kappa shape index (κ3) is 1.93. The molecule has 2 atom stereocenters. The number of phenolic OH excluding ortho intramolecular Hbond substituents is 1. The molecule has 0 radical (unpaired) electrons. The van der Waals surface area contributed by atoms with E-state index in [2.05, 4.69) is 19.2 Å². The van der Waals surface area contributed by atoms with Crippen LogP contribution in [-0.2, 0) is 6.54 Å². The number of hydrogen-bond acceptors (Lipinski definition) is 3. The van der Waals surface area contributed by atoms with Gasteiger partial charge in [-0.05, 0) is 12.5 Å². The summed E-state index contributed by atoms with van der Waals surface area (Å²) >= 11 is 0. The van der Waals surface area contributed by atoms with Crippen molar-refractivity contribution < 1.29 is 10.2 Å². The van der Waals surface area contributed by atoms with Gasteiger partial charge in [0.15, 0.2) is 0 Å². The Morgan fingerprint density at radius 3 is 2.62 bits per heavy atom. The third-order valence-corrected chi connectivity index (χ3v) is 3.75. The molecule has 0 bridgehead atoms. The van der Waals surface area contributed by atoms with E-state index in [9.17, 15) is 10.2 Å². The van der Waals surface area contributed by atoms with E-state index < -0.39 is 0 Å². The summed E-state index contributed by atoms with van der Waals surface area (Å²) in [5.74, 6) is 0.327. The maximum atomic E-state index is 9.61. The van der Waals surface area contributed by atoms with E-state index in [1.807, 2.05) is 18.2 Å². The van der Waals surface area contributed by atoms with Gasteiger partial charge in [-0.25, -0.2) is 0 Å². The van der Waals surface area contributed by atoms with Crippen molar-refractivity contribution in [2.45, 2.75) is 39.0 Å². The Kier molecular flexibility index (Phi) is 2.91. The van der Waals surface area contributed by atoms with Crippen LogP contribution in [-0.4, -0.2) is 22.4 Å².